The van der Waals surface area contributed by atoms with Gasteiger partial charge in [-0.2, -0.15) is 0 Å². The summed E-state index contributed by atoms with van der Waals surface area (Å²) in [5.41, 5.74) is 8.01. The van der Waals surface area contributed by atoms with E-state index in [1.165, 1.54) is 0 Å². The van der Waals surface area contributed by atoms with Crippen molar-refractivity contribution in [2.75, 3.05) is 18.0 Å². The van der Waals surface area contributed by atoms with Crippen molar-refractivity contribution in [1.82, 2.24) is 4.98 Å². The van der Waals surface area contributed by atoms with Crippen LogP contribution in [0.25, 0.3) is 10.8 Å². The van der Waals surface area contributed by atoms with Gasteiger partial charge >= 0.3 is 0 Å². The number of hydrogen-bond acceptors (Lipinski definition) is 5. The molecule has 6 nitrogen and oxygen atoms in total. The number of nitro groups is 1. The second-order valence-corrected chi connectivity index (χ2v) is 5.58. The summed E-state index contributed by atoms with van der Waals surface area (Å²) in [5.74, 6) is 0. The smallest absolute Gasteiger partial charge is 0.278 e. The van der Waals surface area contributed by atoms with E-state index in [9.17, 15) is 10.1 Å². The van der Waals surface area contributed by atoms with Gasteiger partial charge in [0.25, 0.3) is 5.69 Å². The normalized spacial score (nSPS) is 19.0. The zero-order valence-electron chi connectivity index (χ0n) is 12.0. The number of hydrogen-bond donors (Lipinski definition) is 1. The Morgan fingerprint density at radius 3 is 2.95 bits per heavy atom. The van der Waals surface area contributed by atoms with Crippen LogP contribution in [0.1, 0.15) is 18.5 Å². The first-order valence-corrected chi connectivity index (χ1v) is 7.10. The van der Waals surface area contributed by atoms with Gasteiger partial charge in [-0.25, -0.2) is 0 Å². The molecule has 1 aromatic heterocycles. The number of non-ortho nitro benzene ring substituents is 1. The largest absolute Gasteiger partial charge is 0.369 e. The van der Waals surface area contributed by atoms with E-state index in [1.54, 1.807) is 12.3 Å². The number of anilines is 1. The number of pyridine rings is 1. The van der Waals surface area contributed by atoms with Crippen molar-refractivity contribution < 1.29 is 4.92 Å². The minimum absolute atomic E-state index is 0.0996. The first-order valence-electron chi connectivity index (χ1n) is 7.10. The van der Waals surface area contributed by atoms with Crippen molar-refractivity contribution in [3.8, 4) is 0 Å². The number of aromatic nitrogens is 1. The van der Waals surface area contributed by atoms with Crippen molar-refractivity contribution in [2.45, 2.75) is 25.8 Å². The lowest BCUT2D eigenvalue weighted by Gasteiger charge is -2.33. The Kier molecular flexibility index (Phi) is 3.47. The molecule has 6 heteroatoms. The zero-order chi connectivity index (χ0) is 15.0. The lowest BCUT2D eigenvalue weighted by Crippen LogP contribution is -2.42. The maximum Gasteiger partial charge on any atom is 0.278 e. The highest BCUT2D eigenvalue weighted by Gasteiger charge is 2.22. The van der Waals surface area contributed by atoms with E-state index >= 15 is 0 Å². The van der Waals surface area contributed by atoms with E-state index in [0.717, 1.165) is 42.7 Å². The molecule has 2 N–H and O–H groups in total. The molecule has 1 fully saturated rings. The number of nitrogens with two attached hydrogens (primary N) is 1. The molecule has 1 atom stereocenters. The van der Waals surface area contributed by atoms with E-state index in [0.29, 0.717) is 5.39 Å². The number of piperidine rings is 1. The van der Waals surface area contributed by atoms with Gasteiger partial charge in [0.15, 0.2) is 0 Å². The maximum atomic E-state index is 11.2. The molecule has 1 aromatic carbocycles. The number of rotatable bonds is 2. The molecule has 0 spiro atoms. The van der Waals surface area contributed by atoms with Crippen LogP contribution in [0.3, 0.4) is 0 Å². The molecule has 0 amide bonds. The molecule has 0 radical (unpaired) electrons. The zero-order valence-corrected chi connectivity index (χ0v) is 12.0. The van der Waals surface area contributed by atoms with E-state index in [4.69, 9.17) is 5.73 Å². The van der Waals surface area contributed by atoms with Crippen LogP contribution in [0.2, 0.25) is 0 Å². The van der Waals surface area contributed by atoms with Gasteiger partial charge in [-0.05, 0) is 31.9 Å². The Morgan fingerprint density at radius 1 is 1.43 bits per heavy atom. The minimum atomic E-state index is -0.356. The van der Waals surface area contributed by atoms with Crippen molar-refractivity contribution in [2.24, 2.45) is 5.73 Å². The van der Waals surface area contributed by atoms with Crippen LogP contribution >= 0.6 is 0 Å². The number of benzene rings is 1. The van der Waals surface area contributed by atoms with Gasteiger partial charge in [-0.15, -0.1) is 0 Å². The molecule has 0 saturated carbocycles. The Balaban J connectivity index is 2.17. The maximum absolute atomic E-state index is 11.2. The van der Waals surface area contributed by atoms with Crippen LogP contribution in [-0.2, 0) is 0 Å². The van der Waals surface area contributed by atoms with Gasteiger partial charge in [0.1, 0.15) is 0 Å². The predicted octanol–water partition coefficient (Wildman–Crippen LogP) is 2.38. The van der Waals surface area contributed by atoms with Crippen LogP contribution in [0, 0.1) is 17.0 Å². The third kappa shape index (κ3) is 2.54. The fraction of sp³-hybridized carbons (Fsp3) is 0.400. The summed E-state index contributed by atoms with van der Waals surface area (Å²) in [6, 6.07) is 5.47. The van der Waals surface area contributed by atoms with E-state index < -0.39 is 0 Å². The topological polar surface area (TPSA) is 85.3 Å². The third-order valence-corrected chi connectivity index (χ3v) is 3.99. The quantitative estimate of drug-likeness (QED) is 0.676. The SMILES string of the molecule is Cc1cc2c(N3CCCC(N)C3)ccc([N+](=O)[O-])c2cn1. The van der Waals surface area contributed by atoms with E-state index in [1.807, 2.05) is 19.1 Å². The lowest BCUT2D eigenvalue weighted by molar-refractivity contribution is -0.383. The summed E-state index contributed by atoms with van der Waals surface area (Å²) in [5, 5.41) is 12.6. The Hall–Kier alpha value is -2.21. The van der Waals surface area contributed by atoms with Crippen LogP contribution in [0.5, 0.6) is 0 Å². The van der Waals surface area contributed by atoms with Gasteiger partial charge < -0.3 is 10.6 Å². The summed E-state index contributed by atoms with van der Waals surface area (Å²) < 4.78 is 0. The lowest BCUT2D eigenvalue weighted by atomic mass is 10.0. The summed E-state index contributed by atoms with van der Waals surface area (Å²) in [7, 11) is 0. The van der Waals surface area contributed by atoms with Gasteiger partial charge in [-0.1, -0.05) is 0 Å². The Labute approximate surface area is 122 Å². The highest BCUT2D eigenvalue weighted by atomic mass is 16.6. The summed E-state index contributed by atoms with van der Waals surface area (Å²) in [6.45, 7) is 3.61. The molecule has 2 heterocycles. The number of nitro benzene ring substituents is 1. The predicted molar refractivity (Wildman–Crippen MR) is 82.6 cm³/mol. The van der Waals surface area contributed by atoms with E-state index in [2.05, 4.69) is 9.88 Å². The molecule has 1 aliphatic heterocycles. The van der Waals surface area contributed by atoms with Gasteiger partial charge in [-0.3, -0.25) is 15.1 Å². The van der Waals surface area contributed by atoms with Gasteiger partial charge in [0, 0.05) is 48.2 Å². The van der Waals surface area contributed by atoms with Crippen LogP contribution in [0.15, 0.2) is 24.4 Å². The van der Waals surface area contributed by atoms with Crippen molar-refractivity contribution in [3.63, 3.8) is 0 Å². The highest BCUT2D eigenvalue weighted by molar-refractivity contribution is 5.99. The Bertz CT molecular complexity index is 701. The molecular weight excluding hydrogens is 268 g/mol. The number of fused-ring (bicyclic) bond motifs is 1. The molecular formula is C15H18N4O2. The van der Waals surface area contributed by atoms with Gasteiger partial charge in [0.2, 0.25) is 0 Å². The van der Waals surface area contributed by atoms with Crippen LogP contribution in [0.4, 0.5) is 11.4 Å². The third-order valence-electron chi connectivity index (χ3n) is 3.99. The molecule has 0 aliphatic carbocycles. The first kappa shape index (κ1) is 13.8. The van der Waals surface area contributed by atoms with Crippen LogP contribution in [-0.4, -0.2) is 29.0 Å². The van der Waals surface area contributed by atoms with Crippen molar-refractivity contribution in [1.29, 1.82) is 0 Å². The molecule has 1 unspecified atom stereocenters. The molecule has 21 heavy (non-hydrogen) atoms. The van der Waals surface area contributed by atoms with Crippen molar-refractivity contribution >= 4 is 22.1 Å². The second-order valence-electron chi connectivity index (χ2n) is 5.58. The van der Waals surface area contributed by atoms with Crippen LogP contribution < -0.4 is 10.6 Å². The van der Waals surface area contributed by atoms with Gasteiger partial charge in [0.05, 0.1) is 10.3 Å². The van der Waals surface area contributed by atoms with Crippen molar-refractivity contribution in [3.05, 3.63) is 40.2 Å². The summed E-state index contributed by atoms with van der Waals surface area (Å²) in [4.78, 5) is 17.3. The first-order chi connectivity index (χ1) is 10.1. The fourth-order valence-electron chi connectivity index (χ4n) is 2.98. The molecule has 1 saturated heterocycles. The average Bonchev–Trinajstić information content (AvgIpc) is 2.45. The second kappa shape index (κ2) is 5.29. The monoisotopic (exact) mass is 286 g/mol. The summed E-state index contributed by atoms with van der Waals surface area (Å²) >= 11 is 0. The highest BCUT2D eigenvalue weighted by Crippen LogP contribution is 2.34. The molecule has 110 valence electrons. The van der Waals surface area contributed by atoms with E-state index in [-0.39, 0.29) is 16.7 Å². The minimum Gasteiger partial charge on any atom is -0.369 e. The number of nitrogens with zero attached hydrogens (tertiary/aromatic N) is 3. The molecule has 0 bridgehead atoms. The molecule has 1 aliphatic rings. The Morgan fingerprint density at radius 2 is 2.24 bits per heavy atom. The average molecular weight is 286 g/mol. The molecule has 2 aromatic rings. The fourth-order valence-corrected chi connectivity index (χ4v) is 2.98. The standard InChI is InChI=1S/C15H18N4O2/c1-10-7-12-13(8-17-10)15(19(20)21)5-4-14(12)18-6-2-3-11(16)9-18/h4-5,7-8,11H,2-3,6,9,16H2,1H3. The number of aryl methyl sites for hydroxylation is 1. The molecule has 3 rings (SSSR count). The summed E-state index contributed by atoms with van der Waals surface area (Å²) in [6.07, 6.45) is 3.67.